The van der Waals surface area contributed by atoms with E-state index in [1.54, 1.807) is 0 Å². The first-order valence-corrected chi connectivity index (χ1v) is 29.0. The van der Waals surface area contributed by atoms with Crippen molar-refractivity contribution in [2.24, 2.45) is 0 Å². The second-order valence-corrected chi connectivity index (χ2v) is 19.9. The lowest BCUT2D eigenvalue weighted by Gasteiger charge is -2.18. The molecule has 0 aromatic rings. The van der Waals surface area contributed by atoms with Crippen LogP contribution in [0.5, 0.6) is 0 Å². The number of esters is 3. The molecule has 0 N–H and O–H groups in total. The number of ether oxygens (including phenoxy) is 3. The lowest BCUT2D eigenvalue weighted by atomic mass is 10.0. The van der Waals surface area contributed by atoms with Gasteiger partial charge in [-0.05, 0) is 19.3 Å². The number of rotatable bonds is 54. The van der Waals surface area contributed by atoms with Gasteiger partial charge in [-0.1, -0.05) is 297 Å². The average Bonchev–Trinajstić information content (AvgIpc) is 3.29. The average molecular weight is 906 g/mol. The first kappa shape index (κ1) is 62.4. The van der Waals surface area contributed by atoms with Gasteiger partial charge in [0.2, 0.25) is 0 Å². The predicted molar refractivity (Wildman–Crippen MR) is 275 cm³/mol. The fourth-order valence-electron chi connectivity index (χ4n) is 8.98. The van der Waals surface area contributed by atoms with Crippen molar-refractivity contribution in [3.63, 3.8) is 0 Å². The molecule has 64 heavy (non-hydrogen) atoms. The van der Waals surface area contributed by atoms with Crippen molar-refractivity contribution in [2.45, 2.75) is 341 Å². The number of hydrogen-bond donors (Lipinski definition) is 0. The molecule has 0 spiro atoms. The van der Waals surface area contributed by atoms with E-state index in [4.69, 9.17) is 14.2 Å². The van der Waals surface area contributed by atoms with Crippen LogP contribution in [0, 0.1) is 0 Å². The maximum absolute atomic E-state index is 12.8. The van der Waals surface area contributed by atoms with Crippen LogP contribution >= 0.6 is 0 Å². The van der Waals surface area contributed by atoms with E-state index in [1.807, 2.05) is 0 Å². The van der Waals surface area contributed by atoms with Gasteiger partial charge >= 0.3 is 17.9 Å². The van der Waals surface area contributed by atoms with Crippen LogP contribution < -0.4 is 0 Å². The largest absolute Gasteiger partial charge is 0.462 e. The highest BCUT2D eigenvalue weighted by atomic mass is 16.6. The SMILES string of the molecule is CCCCCCCCCCCCCCCCCCCCCCC(=O)OCC(COC(=O)CCCCCCCCCCC)OC(=O)CCCCCCCCCCCCCCCCCCC. The van der Waals surface area contributed by atoms with E-state index >= 15 is 0 Å². The highest BCUT2D eigenvalue weighted by molar-refractivity contribution is 5.71. The van der Waals surface area contributed by atoms with Crippen LogP contribution in [0.3, 0.4) is 0 Å². The summed E-state index contributed by atoms with van der Waals surface area (Å²) in [7, 11) is 0. The van der Waals surface area contributed by atoms with Gasteiger partial charge in [0.1, 0.15) is 13.2 Å². The van der Waals surface area contributed by atoms with E-state index in [0.29, 0.717) is 19.3 Å². The number of hydrogen-bond acceptors (Lipinski definition) is 6. The van der Waals surface area contributed by atoms with Crippen molar-refractivity contribution in [3.05, 3.63) is 0 Å². The Morgan fingerprint density at radius 1 is 0.250 bits per heavy atom. The topological polar surface area (TPSA) is 78.9 Å². The van der Waals surface area contributed by atoms with E-state index in [-0.39, 0.29) is 31.1 Å². The van der Waals surface area contributed by atoms with Gasteiger partial charge < -0.3 is 14.2 Å². The molecule has 0 aliphatic heterocycles. The zero-order chi connectivity index (χ0) is 46.5. The molecule has 1 unspecified atom stereocenters. The summed E-state index contributed by atoms with van der Waals surface area (Å²) in [5.41, 5.74) is 0. The van der Waals surface area contributed by atoms with Gasteiger partial charge in [-0.15, -0.1) is 0 Å². The van der Waals surface area contributed by atoms with E-state index in [0.717, 1.165) is 57.8 Å². The third-order valence-electron chi connectivity index (χ3n) is 13.4. The third kappa shape index (κ3) is 51.4. The minimum Gasteiger partial charge on any atom is -0.462 e. The van der Waals surface area contributed by atoms with Crippen LogP contribution in [0.1, 0.15) is 335 Å². The molecule has 1 atom stereocenters. The minimum atomic E-state index is -0.760. The summed E-state index contributed by atoms with van der Waals surface area (Å²) < 4.78 is 16.8. The summed E-state index contributed by atoms with van der Waals surface area (Å²) in [5.74, 6) is -0.837. The van der Waals surface area contributed by atoms with Gasteiger partial charge in [0, 0.05) is 19.3 Å². The van der Waals surface area contributed by atoms with Gasteiger partial charge in [0.25, 0.3) is 0 Å². The molecular weight excluding hydrogens is 793 g/mol. The zero-order valence-corrected chi connectivity index (χ0v) is 43.6. The lowest BCUT2D eigenvalue weighted by molar-refractivity contribution is -0.167. The summed E-state index contributed by atoms with van der Waals surface area (Å²) >= 11 is 0. The molecule has 0 aliphatic rings. The highest BCUT2D eigenvalue weighted by Gasteiger charge is 2.19. The quantitative estimate of drug-likeness (QED) is 0.0344. The standard InChI is InChI=1S/C58H112O6/c1-4-7-10-13-16-19-21-23-25-27-28-29-31-32-34-36-39-42-45-48-51-57(60)63-54-55(53-62-56(59)50-47-44-41-38-18-15-12-9-6-3)64-58(61)52-49-46-43-40-37-35-33-30-26-24-22-20-17-14-11-8-5-2/h55H,4-54H2,1-3H3. The Morgan fingerprint density at radius 2 is 0.422 bits per heavy atom. The maximum atomic E-state index is 12.8. The van der Waals surface area contributed by atoms with E-state index in [9.17, 15) is 14.4 Å². The number of carbonyl (C=O) groups excluding carboxylic acids is 3. The normalized spacial score (nSPS) is 11.9. The highest BCUT2D eigenvalue weighted by Crippen LogP contribution is 2.18. The van der Waals surface area contributed by atoms with Crippen molar-refractivity contribution >= 4 is 17.9 Å². The van der Waals surface area contributed by atoms with Crippen molar-refractivity contribution < 1.29 is 28.6 Å². The minimum absolute atomic E-state index is 0.0614. The molecule has 380 valence electrons. The summed E-state index contributed by atoms with van der Waals surface area (Å²) in [6.45, 7) is 6.69. The van der Waals surface area contributed by atoms with Crippen LogP contribution in [-0.2, 0) is 28.6 Å². The van der Waals surface area contributed by atoms with E-state index < -0.39 is 6.10 Å². The van der Waals surface area contributed by atoms with Crippen LogP contribution in [-0.4, -0.2) is 37.2 Å². The fourth-order valence-corrected chi connectivity index (χ4v) is 8.98. The van der Waals surface area contributed by atoms with E-state index in [2.05, 4.69) is 20.8 Å². The Bertz CT molecular complexity index is 951. The van der Waals surface area contributed by atoms with Gasteiger partial charge in [0.05, 0.1) is 0 Å². The number of carbonyl (C=O) groups is 3. The zero-order valence-electron chi connectivity index (χ0n) is 43.6. The second-order valence-electron chi connectivity index (χ2n) is 19.9. The molecule has 0 heterocycles. The van der Waals surface area contributed by atoms with Crippen molar-refractivity contribution in [1.29, 1.82) is 0 Å². The van der Waals surface area contributed by atoms with E-state index in [1.165, 1.54) is 238 Å². The Balaban J connectivity index is 4.18. The molecule has 0 aromatic heterocycles. The number of unbranched alkanes of at least 4 members (excludes halogenated alkanes) is 43. The molecule has 0 radical (unpaired) electrons. The first-order valence-electron chi connectivity index (χ1n) is 29.0. The van der Waals surface area contributed by atoms with Crippen LogP contribution in [0.25, 0.3) is 0 Å². The first-order chi connectivity index (χ1) is 31.5. The van der Waals surface area contributed by atoms with Gasteiger partial charge in [-0.2, -0.15) is 0 Å². The summed E-state index contributed by atoms with van der Waals surface area (Å²) in [6, 6.07) is 0. The molecule has 0 saturated heterocycles. The lowest BCUT2D eigenvalue weighted by Crippen LogP contribution is -2.30. The summed E-state index contributed by atoms with van der Waals surface area (Å²) in [6.07, 6.45) is 59.6. The third-order valence-corrected chi connectivity index (χ3v) is 13.4. The Kier molecular flexibility index (Phi) is 52.7. The fraction of sp³-hybridized carbons (Fsp3) is 0.948. The molecule has 0 bridgehead atoms. The van der Waals surface area contributed by atoms with Crippen LogP contribution in [0.2, 0.25) is 0 Å². The molecule has 6 heteroatoms. The molecule has 0 rings (SSSR count). The van der Waals surface area contributed by atoms with Crippen LogP contribution in [0.4, 0.5) is 0 Å². The molecule has 0 saturated carbocycles. The molecule has 0 aliphatic carbocycles. The summed E-state index contributed by atoms with van der Waals surface area (Å²) in [5, 5.41) is 0. The second kappa shape index (κ2) is 54.0. The van der Waals surface area contributed by atoms with Gasteiger partial charge in [0.15, 0.2) is 6.10 Å². The summed E-state index contributed by atoms with van der Waals surface area (Å²) in [4.78, 5) is 38.0. The molecule has 0 amide bonds. The Hall–Kier alpha value is -1.59. The van der Waals surface area contributed by atoms with Crippen LogP contribution in [0.15, 0.2) is 0 Å². The molecule has 6 nitrogen and oxygen atoms in total. The van der Waals surface area contributed by atoms with Crippen molar-refractivity contribution in [3.8, 4) is 0 Å². The Labute approximate surface area is 399 Å². The smallest absolute Gasteiger partial charge is 0.306 e. The molecule has 0 aromatic carbocycles. The molecular formula is C58H112O6. The van der Waals surface area contributed by atoms with Gasteiger partial charge in [-0.3, -0.25) is 14.4 Å². The Morgan fingerprint density at radius 3 is 0.625 bits per heavy atom. The van der Waals surface area contributed by atoms with Crippen molar-refractivity contribution in [1.82, 2.24) is 0 Å². The maximum Gasteiger partial charge on any atom is 0.306 e. The van der Waals surface area contributed by atoms with Crippen molar-refractivity contribution in [2.75, 3.05) is 13.2 Å². The monoisotopic (exact) mass is 905 g/mol. The predicted octanol–water partition coefficient (Wildman–Crippen LogP) is 19.2. The molecule has 0 fully saturated rings. The van der Waals surface area contributed by atoms with Gasteiger partial charge in [-0.25, -0.2) is 0 Å².